The molecule has 0 bridgehead atoms. The van der Waals surface area contributed by atoms with Crippen LogP contribution in [0.5, 0.6) is 0 Å². The largest absolute Gasteiger partial charge is 0.326 e. The minimum absolute atomic E-state index is 0.520. The smallest absolute Gasteiger partial charge is 0.0828 e. The normalized spacial score (nSPS) is 10.4. The standard InChI is InChI=1S/C10H12N4/c1-8-9(5-11)7-14(13-8)10-3-2-4-12-6-10/h2-4,6-7H,5,11H2,1H3. The molecule has 0 aromatic carbocycles. The van der Waals surface area contributed by atoms with Crippen LogP contribution in [0.15, 0.2) is 30.7 Å². The van der Waals surface area contributed by atoms with Crippen molar-refractivity contribution in [2.45, 2.75) is 13.5 Å². The highest BCUT2D eigenvalue weighted by Crippen LogP contribution is 2.09. The molecule has 72 valence electrons. The van der Waals surface area contributed by atoms with Crippen LogP contribution in [0.1, 0.15) is 11.3 Å². The Kier molecular flexibility index (Phi) is 2.28. The van der Waals surface area contributed by atoms with Crippen molar-refractivity contribution in [1.82, 2.24) is 14.8 Å². The Balaban J connectivity index is 2.43. The third kappa shape index (κ3) is 1.52. The van der Waals surface area contributed by atoms with Gasteiger partial charge in [0.2, 0.25) is 0 Å². The zero-order valence-electron chi connectivity index (χ0n) is 8.01. The highest BCUT2D eigenvalue weighted by molar-refractivity contribution is 5.29. The fraction of sp³-hybridized carbons (Fsp3) is 0.200. The average molecular weight is 188 g/mol. The van der Waals surface area contributed by atoms with E-state index in [1.165, 1.54) is 0 Å². The fourth-order valence-electron chi connectivity index (χ4n) is 1.32. The zero-order valence-corrected chi connectivity index (χ0v) is 8.01. The first-order chi connectivity index (χ1) is 6.81. The molecule has 0 atom stereocenters. The molecule has 0 spiro atoms. The number of aryl methyl sites for hydroxylation is 1. The Labute approximate surface area is 82.4 Å². The van der Waals surface area contributed by atoms with E-state index in [0.717, 1.165) is 16.9 Å². The van der Waals surface area contributed by atoms with Gasteiger partial charge in [0.05, 0.1) is 17.6 Å². The van der Waals surface area contributed by atoms with E-state index in [1.54, 1.807) is 17.1 Å². The number of hydrogen-bond acceptors (Lipinski definition) is 3. The number of pyridine rings is 1. The van der Waals surface area contributed by atoms with E-state index in [9.17, 15) is 0 Å². The van der Waals surface area contributed by atoms with Crippen LogP contribution in [-0.2, 0) is 6.54 Å². The van der Waals surface area contributed by atoms with Crippen LogP contribution in [0, 0.1) is 6.92 Å². The summed E-state index contributed by atoms with van der Waals surface area (Å²) in [6.07, 6.45) is 5.45. The van der Waals surface area contributed by atoms with Crippen molar-refractivity contribution in [2.75, 3.05) is 0 Å². The van der Waals surface area contributed by atoms with Gasteiger partial charge in [-0.05, 0) is 19.1 Å². The first-order valence-corrected chi connectivity index (χ1v) is 4.47. The number of nitrogens with zero attached hydrogens (tertiary/aromatic N) is 3. The molecule has 2 heterocycles. The van der Waals surface area contributed by atoms with Crippen molar-refractivity contribution < 1.29 is 0 Å². The minimum atomic E-state index is 0.520. The summed E-state index contributed by atoms with van der Waals surface area (Å²) in [4.78, 5) is 4.03. The molecule has 2 N–H and O–H groups in total. The van der Waals surface area contributed by atoms with Gasteiger partial charge in [0, 0.05) is 24.5 Å². The van der Waals surface area contributed by atoms with Gasteiger partial charge in [-0.25, -0.2) is 4.68 Å². The SMILES string of the molecule is Cc1nn(-c2cccnc2)cc1CN. The summed E-state index contributed by atoms with van der Waals surface area (Å²) in [7, 11) is 0. The van der Waals surface area contributed by atoms with E-state index < -0.39 is 0 Å². The summed E-state index contributed by atoms with van der Waals surface area (Å²) in [5.74, 6) is 0. The molecule has 0 fully saturated rings. The van der Waals surface area contributed by atoms with Crippen LogP contribution in [0.2, 0.25) is 0 Å². The quantitative estimate of drug-likeness (QED) is 0.766. The van der Waals surface area contributed by atoms with Gasteiger partial charge in [0.25, 0.3) is 0 Å². The molecule has 0 radical (unpaired) electrons. The van der Waals surface area contributed by atoms with Crippen LogP contribution >= 0.6 is 0 Å². The molecule has 2 aromatic rings. The molecule has 0 aliphatic carbocycles. The summed E-state index contributed by atoms with van der Waals surface area (Å²) in [6, 6.07) is 3.84. The van der Waals surface area contributed by atoms with Gasteiger partial charge in [-0.3, -0.25) is 4.98 Å². The molecule has 14 heavy (non-hydrogen) atoms. The molecule has 0 aliphatic rings. The van der Waals surface area contributed by atoms with Crippen molar-refractivity contribution in [3.8, 4) is 5.69 Å². The summed E-state index contributed by atoms with van der Waals surface area (Å²) in [5.41, 5.74) is 8.56. The number of nitrogens with two attached hydrogens (primary N) is 1. The summed E-state index contributed by atoms with van der Waals surface area (Å²) >= 11 is 0. The summed E-state index contributed by atoms with van der Waals surface area (Å²) in [6.45, 7) is 2.47. The van der Waals surface area contributed by atoms with E-state index in [1.807, 2.05) is 25.3 Å². The van der Waals surface area contributed by atoms with E-state index in [2.05, 4.69) is 10.1 Å². The lowest BCUT2D eigenvalue weighted by Gasteiger charge is -1.97. The van der Waals surface area contributed by atoms with E-state index in [4.69, 9.17) is 5.73 Å². The van der Waals surface area contributed by atoms with Gasteiger partial charge in [-0.15, -0.1) is 0 Å². The maximum Gasteiger partial charge on any atom is 0.0828 e. The van der Waals surface area contributed by atoms with Gasteiger partial charge in [-0.1, -0.05) is 0 Å². The molecule has 4 nitrogen and oxygen atoms in total. The monoisotopic (exact) mass is 188 g/mol. The number of rotatable bonds is 2. The van der Waals surface area contributed by atoms with Crippen LogP contribution in [0.25, 0.3) is 5.69 Å². The van der Waals surface area contributed by atoms with Crippen LogP contribution in [0.3, 0.4) is 0 Å². The molecule has 0 unspecified atom stereocenters. The maximum absolute atomic E-state index is 5.57. The van der Waals surface area contributed by atoms with Crippen LogP contribution in [0.4, 0.5) is 0 Å². The van der Waals surface area contributed by atoms with Crippen LogP contribution in [-0.4, -0.2) is 14.8 Å². The topological polar surface area (TPSA) is 56.7 Å². The van der Waals surface area contributed by atoms with E-state index >= 15 is 0 Å². The van der Waals surface area contributed by atoms with Gasteiger partial charge >= 0.3 is 0 Å². The highest BCUT2D eigenvalue weighted by Gasteiger charge is 2.03. The van der Waals surface area contributed by atoms with Crippen molar-refractivity contribution in [1.29, 1.82) is 0 Å². The number of aromatic nitrogens is 3. The first-order valence-electron chi connectivity index (χ1n) is 4.47. The molecule has 0 saturated heterocycles. The third-order valence-electron chi connectivity index (χ3n) is 2.13. The van der Waals surface area contributed by atoms with Gasteiger partial charge in [0.15, 0.2) is 0 Å². The molecule has 4 heteroatoms. The summed E-state index contributed by atoms with van der Waals surface area (Å²) < 4.78 is 1.80. The molecule has 0 amide bonds. The van der Waals surface area contributed by atoms with Crippen molar-refractivity contribution >= 4 is 0 Å². The first kappa shape index (κ1) is 8.90. The van der Waals surface area contributed by atoms with Crippen molar-refractivity contribution in [3.63, 3.8) is 0 Å². The lowest BCUT2D eigenvalue weighted by atomic mass is 10.3. The lowest BCUT2D eigenvalue weighted by Crippen LogP contribution is -1.96. The Morgan fingerprint density at radius 3 is 2.93 bits per heavy atom. The number of hydrogen-bond donors (Lipinski definition) is 1. The Morgan fingerprint density at radius 1 is 1.50 bits per heavy atom. The second-order valence-electron chi connectivity index (χ2n) is 3.10. The molecular formula is C10H12N4. The second kappa shape index (κ2) is 3.59. The highest BCUT2D eigenvalue weighted by atomic mass is 15.3. The molecule has 0 saturated carbocycles. The Hall–Kier alpha value is -1.68. The predicted molar refractivity (Wildman–Crippen MR) is 54.0 cm³/mol. The second-order valence-corrected chi connectivity index (χ2v) is 3.10. The van der Waals surface area contributed by atoms with Crippen molar-refractivity contribution in [2.24, 2.45) is 5.73 Å². The fourth-order valence-corrected chi connectivity index (χ4v) is 1.32. The molecule has 2 aromatic heterocycles. The summed E-state index contributed by atoms with van der Waals surface area (Å²) in [5, 5.41) is 4.35. The van der Waals surface area contributed by atoms with Gasteiger partial charge in [0.1, 0.15) is 0 Å². The predicted octanol–water partition coefficient (Wildman–Crippen LogP) is 1.03. The minimum Gasteiger partial charge on any atom is -0.326 e. The Morgan fingerprint density at radius 2 is 2.36 bits per heavy atom. The lowest BCUT2D eigenvalue weighted by molar-refractivity contribution is 0.857. The molecule has 0 aliphatic heterocycles. The van der Waals surface area contributed by atoms with Crippen LogP contribution < -0.4 is 5.73 Å². The van der Waals surface area contributed by atoms with E-state index in [-0.39, 0.29) is 0 Å². The molecular weight excluding hydrogens is 176 g/mol. The molecule has 2 rings (SSSR count). The average Bonchev–Trinajstić information content (AvgIpc) is 2.61. The van der Waals surface area contributed by atoms with E-state index in [0.29, 0.717) is 6.54 Å². The third-order valence-corrected chi connectivity index (χ3v) is 2.13. The van der Waals surface area contributed by atoms with Gasteiger partial charge in [-0.2, -0.15) is 5.10 Å². The van der Waals surface area contributed by atoms with Crippen molar-refractivity contribution in [3.05, 3.63) is 42.0 Å². The van der Waals surface area contributed by atoms with Gasteiger partial charge < -0.3 is 5.73 Å². The maximum atomic E-state index is 5.57. The Bertz CT molecular complexity index is 419. The zero-order chi connectivity index (χ0) is 9.97.